The van der Waals surface area contributed by atoms with Crippen molar-refractivity contribution in [2.45, 2.75) is 28.9 Å². The van der Waals surface area contributed by atoms with Gasteiger partial charge in [-0.15, -0.1) is 0 Å². The van der Waals surface area contributed by atoms with Crippen LogP contribution in [0.15, 0.2) is 52.3 Å². The Labute approximate surface area is 182 Å². The molecular weight excluding hydrogens is 398 g/mol. The minimum atomic E-state index is -0.678. The third-order valence-electron chi connectivity index (χ3n) is 5.79. The lowest BCUT2D eigenvalue weighted by atomic mass is 10.1. The van der Waals surface area contributed by atoms with Gasteiger partial charge >= 0.3 is 0 Å². The zero-order valence-corrected chi connectivity index (χ0v) is 18.3. The van der Waals surface area contributed by atoms with Gasteiger partial charge in [-0.25, -0.2) is 0 Å². The van der Waals surface area contributed by atoms with Crippen LogP contribution in [0.1, 0.15) is 5.56 Å². The lowest BCUT2D eigenvalue weighted by molar-refractivity contribution is 0.0298. The van der Waals surface area contributed by atoms with Gasteiger partial charge < -0.3 is 20.2 Å². The van der Waals surface area contributed by atoms with E-state index in [0.717, 1.165) is 31.9 Å². The highest BCUT2D eigenvalue weighted by molar-refractivity contribution is 7.99. The Kier molecular flexibility index (Phi) is 6.98. The van der Waals surface area contributed by atoms with Crippen molar-refractivity contribution in [3.05, 3.63) is 48.0 Å². The molecule has 2 atom stereocenters. The summed E-state index contributed by atoms with van der Waals surface area (Å²) in [5.41, 5.74) is 3.54. The van der Waals surface area contributed by atoms with E-state index < -0.39 is 12.2 Å². The van der Waals surface area contributed by atoms with Crippen LogP contribution in [0.3, 0.4) is 0 Å². The highest BCUT2D eigenvalue weighted by Crippen LogP contribution is 2.48. The number of β-amino-alcohol motifs (C(OH)–C–C–N with tert-alkyl or cyclic N) is 2. The second-order valence-corrected chi connectivity index (χ2v) is 9.33. The van der Waals surface area contributed by atoms with E-state index in [1.54, 1.807) is 11.8 Å². The molecule has 0 spiro atoms. The van der Waals surface area contributed by atoms with Crippen molar-refractivity contribution in [3.63, 3.8) is 0 Å². The fourth-order valence-corrected chi connectivity index (χ4v) is 5.29. The van der Waals surface area contributed by atoms with Gasteiger partial charge in [-0.2, -0.15) is 0 Å². The molecule has 2 heterocycles. The van der Waals surface area contributed by atoms with Crippen LogP contribution in [0.25, 0.3) is 0 Å². The molecule has 0 radical (unpaired) electrons. The number of aliphatic hydroxyl groups is 3. The van der Waals surface area contributed by atoms with Gasteiger partial charge in [0.25, 0.3) is 0 Å². The molecule has 0 bridgehead atoms. The molecule has 4 rings (SSSR count). The molecule has 162 valence electrons. The number of rotatable bonds is 7. The number of fused-ring (bicyclic) bond motifs is 2. The van der Waals surface area contributed by atoms with E-state index in [9.17, 15) is 10.2 Å². The quantitative estimate of drug-likeness (QED) is 0.621. The second kappa shape index (κ2) is 9.68. The number of aryl methyl sites for hydroxylation is 1. The van der Waals surface area contributed by atoms with E-state index in [-0.39, 0.29) is 6.61 Å². The fraction of sp³-hybridized carbons (Fsp3) is 0.478. The summed E-state index contributed by atoms with van der Waals surface area (Å²) in [6.45, 7) is 6.99. The maximum atomic E-state index is 10.9. The Morgan fingerprint density at radius 2 is 1.47 bits per heavy atom. The van der Waals surface area contributed by atoms with E-state index in [1.807, 2.05) is 0 Å². The number of aliphatic hydroxyl groups excluding tert-OH is 3. The summed E-state index contributed by atoms with van der Waals surface area (Å²) in [5, 5.41) is 29.6. The fourth-order valence-electron chi connectivity index (χ4n) is 4.21. The number of nitrogens with zero attached hydrogens (tertiary/aromatic N) is 3. The smallest absolute Gasteiger partial charge is 0.0897 e. The van der Waals surface area contributed by atoms with Gasteiger partial charge in [0.1, 0.15) is 0 Å². The van der Waals surface area contributed by atoms with Crippen LogP contribution < -0.4 is 4.90 Å². The van der Waals surface area contributed by atoms with E-state index >= 15 is 0 Å². The lowest BCUT2D eigenvalue weighted by Crippen LogP contribution is -2.51. The first-order valence-corrected chi connectivity index (χ1v) is 11.4. The van der Waals surface area contributed by atoms with Gasteiger partial charge in [0.2, 0.25) is 0 Å². The standard InChI is InChI=1S/C23H31N3O3S/c1-17-6-7-23-21(12-17)26(20-4-2-3-5-22(20)30-23)15-18(28)13-24-8-10-25(11-9-24)14-19(29)16-27/h2-7,12,18-19,27-29H,8-11,13-16H2,1H3. The molecule has 2 aromatic rings. The Morgan fingerprint density at radius 1 is 0.833 bits per heavy atom. The number of piperazine rings is 1. The first kappa shape index (κ1) is 21.6. The van der Waals surface area contributed by atoms with Crippen LogP contribution in [0.4, 0.5) is 11.4 Å². The SMILES string of the molecule is Cc1ccc2c(c1)N(CC(O)CN1CCN(CC(O)CO)CC1)c1ccccc1S2. The first-order chi connectivity index (χ1) is 14.5. The molecule has 1 fully saturated rings. The number of anilines is 2. The van der Waals surface area contributed by atoms with E-state index in [2.05, 4.69) is 64.1 Å². The molecule has 2 unspecified atom stereocenters. The summed E-state index contributed by atoms with van der Waals surface area (Å²) in [4.78, 5) is 9.15. The highest BCUT2D eigenvalue weighted by Gasteiger charge is 2.27. The third kappa shape index (κ3) is 4.99. The zero-order chi connectivity index (χ0) is 21.1. The molecule has 0 aliphatic carbocycles. The molecule has 2 aliphatic heterocycles. The van der Waals surface area contributed by atoms with Gasteiger partial charge in [0.15, 0.2) is 0 Å². The van der Waals surface area contributed by atoms with Crippen molar-refractivity contribution >= 4 is 23.1 Å². The largest absolute Gasteiger partial charge is 0.394 e. The Bertz CT molecular complexity index is 857. The van der Waals surface area contributed by atoms with Gasteiger partial charge in [-0.1, -0.05) is 30.0 Å². The molecule has 3 N–H and O–H groups in total. The topological polar surface area (TPSA) is 70.4 Å². The van der Waals surface area contributed by atoms with Crippen molar-refractivity contribution in [1.29, 1.82) is 0 Å². The second-order valence-electron chi connectivity index (χ2n) is 8.24. The molecule has 0 aromatic heterocycles. The van der Waals surface area contributed by atoms with Crippen LogP contribution in [0, 0.1) is 6.92 Å². The minimum Gasteiger partial charge on any atom is -0.394 e. The predicted molar refractivity (Wildman–Crippen MR) is 121 cm³/mol. The summed E-state index contributed by atoms with van der Waals surface area (Å²) in [5.74, 6) is 0. The number of para-hydroxylation sites is 1. The minimum absolute atomic E-state index is 0.199. The Hall–Kier alpha value is -1.61. The van der Waals surface area contributed by atoms with E-state index in [4.69, 9.17) is 5.11 Å². The summed E-state index contributed by atoms with van der Waals surface area (Å²) < 4.78 is 0. The van der Waals surface area contributed by atoms with Crippen molar-refractivity contribution in [2.24, 2.45) is 0 Å². The monoisotopic (exact) mass is 429 g/mol. The van der Waals surface area contributed by atoms with Crippen molar-refractivity contribution < 1.29 is 15.3 Å². The first-order valence-electron chi connectivity index (χ1n) is 10.6. The lowest BCUT2D eigenvalue weighted by Gasteiger charge is -2.38. The van der Waals surface area contributed by atoms with Crippen LogP contribution in [0.5, 0.6) is 0 Å². The maximum absolute atomic E-state index is 10.9. The average molecular weight is 430 g/mol. The van der Waals surface area contributed by atoms with Gasteiger partial charge in [0.05, 0.1) is 36.7 Å². The van der Waals surface area contributed by atoms with Crippen molar-refractivity contribution in [1.82, 2.24) is 9.80 Å². The Balaban J connectivity index is 1.40. The van der Waals surface area contributed by atoms with Gasteiger partial charge in [-0.3, -0.25) is 9.80 Å². The van der Waals surface area contributed by atoms with Crippen molar-refractivity contribution in [3.8, 4) is 0 Å². The molecule has 2 aromatic carbocycles. The van der Waals surface area contributed by atoms with Crippen LogP contribution >= 0.6 is 11.8 Å². The number of hydrogen-bond donors (Lipinski definition) is 3. The summed E-state index contributed by atoms with van der Waals surface area (Å²) in [6.07, 6.45) is -1.15. The normalized spacial score (nSPS) is 19.3. The zero-order valence-electron chi connectivity index (χ0n) is 17.4. The highest BCUT2D eigenvalue weighted by atomic mass is 32.2. The summed E-state index contributed by atoms with van der Waals surface area (Å²) in [6, 6.07) is 14.9. The summed E-state index contributed by atoms with van der Waals surface area (Å²) in [7, 11) is 0. The average Bonchev–Trinajstić information content (AvgIpc) is 2.75. The number of hydrogen-bond acceptors (Lipinski definition) is 7. The molecule has 6 nitrogen and oxygen atoms in total. The molecule has 0 saturated carbocycles. The third-order valence-corrected chi connectivity index (χ3v) is 6.92. The van der Waals surface area contributed by atoms with Crippen molar-refractivity contribution in [2.75, 3.05) is 57.3 Å². The van der Waals surface area contributed by atoms with Crippen LogP contribution in [-0.4, -0.2) is 89.7 Å². The predicted octanol–water partition coefficient (Wildman–Crippen LogP) is 1.93. The number of benzene rings is 2. The molecule has 7 heteroatoms. The summed E-state index contributed by atoms with van der Waals surface area (Å²) >= 11 is 1.79. The van der Waals surface area contributed by atoms with Gasteiger partial charge in [0, 0.05) is 49.1 Å². The molecule has 1 saturated heterocycles. The maximum Gasteiger partial charge on any atom is 0.0897 e. The Morgan fingerprint density at radius 3 is 2.17 bits per heavy atom. The molecule has 2 aliphatic rings. The van der Waals surface area contributed by atoms with Crippen LogP contribution in [-0.2, 0) is 0 Å². The van der Waals surface area contributed by atoms with Gasteiger partial charge in [-0.05, 0) is 36.8 Å². The van der Waals surface area contributed by atoms with E-state index in [1.165, 1.54) is 21.0 Å². The molecular formula is C23H31N3O3S. The molecule has 0 amide bonds. The molecule has 30 heavy (non-hydrogen) atoms. The van der Waals surface area contributed by atoms with E-state index in [0.29, 0.717) is 19.6 Å². The van der Waals surface area contributed by atoms with Crippen LogP contribution in [0.2, 0.25) is 0 Å².